The van der Waals surface area contributed by atoms with Crippen molar-refractivity contribution in [2.24, 2.45) is 0 Å². The highest BCUT2D eigenvalue weighted by Gasteiger charge is 2.39. The predicted octanol–water partition coefficient (Wildman–Crippen LogP) is 3.07. The normalized spacial score (nSPS) is 23.9. The smallest absolute Gasteiger partial charge is 0.320 e. The average molecular weight is 339 g/mol. The Balaban J connectivity index is 1.44. The van der Waals surface area contributed by atoms with Crippen LogP contribution >= 0.6 is 0 Å². The standard InChI is InChI=1S/C19H25N5O/c25-19(22-16-12-20-21-13-16)24-11-5-9-18(24)17-8-4-10-23(17)14-15-6-2-1-3-7-15/h1-3,6-7,12-13,17-18H,4-5,8-11,14H2,(H,20,21)(H,22,25)/t17-,18+/m1/s1. The maximum Gasteiger partial charge on any atom is 0.322 e. The second-order valence-electron chi connectivity index (χ2n) is 6.99. The third kappa shape index (κ3) is 3.54. The zero-order valence-electron chi connectivity index (χ0n) is 14.4. The van der Waals surface area contributed by atoms with E-state index in [1.54, 1.807) is 12.4 Å². The number of nitrogens with one attached hydrogen (secondary N) is 2. The average Bonchev–Trinajstić information content (AvgIpc) is 3.36. The Labute approximate surface area is 148 Å². The van der Waals surface area contributed by atoms with E-state index < -0.39 is 0 Å². The van der Waals surface area contributed by atoms with Crippen LogP contribution in [-0.4, -0.2) is 51.2 Å². The molecule has 2 aliphatic rings. The van der Waals surface area contributed by atoms with E-state index in [-0.39, 0.29) is 6.03 Å². The molecule has 132 valence electrons. The van der Waals surface area contributed by atoms with E-state index in [2.05, 4.69) is 50.7 Å². The van der Waals surface area contributed by atoms with Gasteiger partial charge in [-0.3, -0.25) is 10.00 Å². The lowest BCUT2D eigenvalue weighted by molar-refractivity contribution is 0.142. The molecule has 0 radical (unpaired) electrons. The first-order chi connectivity index (χ1) is 12.3. The number of benzene rings is 1. The second kappa shape index (κ2) is 7.27. The third-order valence-electron chi connectivity index (χ3n) is 5.40. The summed E-state index contributed by atoms with van der Waals surface area (Å²) < 4.78 is 0. The zero-order valence-corrected chi connectivity index (χ0v) is 14.4. The number of hydrogen-bond acceptors (Lipinski definition) is 3. The van der Waals surface area contributed by atoms with Gasteiger partial charge in [-0.25, -0.2) is 4.79 Å². The van der Waals surface area contributed by atoms with Gasteiger partial charge in [-0.15, -0.1) is 0 Å². The Bertz CT molecular complexity index is 687. The van der Waals surface area contributed by atoms with Crippen LogP contribution in [0, 0.1) is 0 Å². The van der Waals surface area contributed by atoms with Crippen LogP contribution in [0.4, 0.5) is 10.5 Å². The van der Waals surface area contributed by atoms with Gasteiger partial charge in [-0.2, -0.15) is 5.10 Å². The Kier molecular flexibility index (Phi) is 4.70. The second-order valence-corrected chi connectivity index (χ2v) is 6.99. The summed E-state index contributed by atoms with van der Waals surface area (Å²) in [5, 5.41) is 9.58. The number of likely N-dealkylation sites (tertiary alicyclic amines) is 2. The van der Waals surface area contributed by atoms with Gasteiger partial charge >= 0.3 is 6.03 Å². The number of aromatic nitrogens is 2. The van der Waals surface area contributed by atoms with Gasteiger partial charge < -0.3 is 10.2 Å². The van der Waals surface area contributed by atoms with E-state index in [0.717, 1.165) is 38.2 Å². The number of anilines is 1. The van der Waals surface area contributed by atoms with Crippen LogP contribution in [0.25, 0.3) is 0 Å². The van der Waals surface area contributed by atoms with E-state index in [1.807, 2.05) is 4.90 Å². The number of carbonyl (C=O) groups excluding carboxylic acids is 1. The number of amides is 2. The topological polar surface area (TPSA) is 64.3 Å². The van der Waals surface area contributed by atoms with Crippen molar-refractivity contribution >= 4 is 11.7 Å². The van der Waals surface area contributed by atoms with E-state index in [4.69, 9.17) is 0 Å². The monoisotopic (exact) mass is 339 g/mol. The molecular weight excluding hydrogens is 314 g/mol. The summed E-state index contributed by atoms with van der Waals surface area (Å²) in [6.45, 7) is 2.93. The minimum absolute atomic E-state index is 0.00420. The largest absolute Gasteiger partial charge is 0.322 e. The molecule has 2 atom stereocenters. The molecular formula is C19H25N5O. The summed E-state index contributed by atoms with van der Waals surface area (Å²) in [5.41, 5.74) is 2.07. The molecule has 2 saturated heterocycles. The minimum atomic E-state index is -0.00420. The summed E-state index contributed by atoms with van der Waals surface area (Å²) in [6.07, 6.45) is 7.91. The first-order valence-corrected chi connectivity index (χ1v) is 9.15. The molecule has 2 aromatic rings. The van der Waals surface area contributed by atoms with Crippen molar-refractivity contribution in [2.75, 3.05) is 18.4 Å². The number of nitrogens with zero attached hydrogens (tertiary/aromatic N) is 3. The Hall–Kier alpha value is -2.34. The molecule has 0 saturated carbocycles. The quantitative estimate of drug-likeness (QED) is 0.900. The predicted molar refractivity (Wildman–Crippen MR) is 97.2 cm³/mol. The molecule has 0 spiro atoms. The van der Waals surface area contributed by atoms with Crippen LogP contribution < -0.4 is 5.32 Å². The maximum absolute atomic E-state index is 12.7. The summed E-state index contributed by atoms with van der Waals surface area (Å²) in [5.74, 6) is 0. The number of hydrogen-bond donors (Lipinski definition) is 2. The fourth-order valence-corrected chi connectivity index (χ4v) is 4.26. The van der Waals surface area contributed by atoms with Gasteiger partial charge in [0.15, 0.2) is 0 Å². The lowest BCUT2D eigenvalue weighted by atomic mass is 10.0. The van der Waals surface area contributed by atoms with Gasteiger partial charge in [0.05, 0.1) is 11.9 Å². The van der Waals surface area contributed by atoms with Crippen LogP contribution in [0.3, 0.4) is 0 Å². The molecule has 0 unspecified atom stereocenters. The summed E-state index contributed by atoms with van der Waals surface area (Å²) >= 11 is 0. The van der Waals surface area contributed by atoms with Gasteiger partial charge in [0.25, 0.3) is 0 Å². The summed E-state index contributed by atoms with van der Waals surface area (Å²) in [6, 6.07) is 11.4. The van der Waals surface area contributed by atoms with Crippen molar-refractivity contribution < 1.29 is 4.79 Å². The van der Waals surface area contributed by atoms with Gasteiger partial charge in [-0.1, -0.05) is 30.3 Å². The number of aromatic amines is 1. The fraction of sp³-hybridized carbons (Fsp3) is 0.474. The van der Waals surface area contributed by atoms with Crippen molar-refractivity contribution in [2.45, 2.75) is 44.3 Å². The van der Waals surface area contributed by atoms with E-state index in [9.17, 15) is 4.79 Å². The highest BCUT2D eigenvalue weighted by molar-refractivity contribution is 5.89. The Morgan fingerprint density at radius 1 is 1.16 bits per heavy atom. The molecule has 2 amide bonds. The molecule has 1 aromatic carbocycles. The van der Waals surface area contributed by atoms with Gasteiger partial charge in [-0.05, 0) is 37.8 Å². The lowest BCUT2D eigenvalue weighted by Crippen LogP contribution is -2.49. The Morgan fingerprint density at radius 3 is 2.76 bits per heavy atom. The van der Waals surface area contributed by atoms with E-state index in [0.29, 0.717) is 12.1 Å². The molecule has 2 N–H and O–H groups in total. The highest BCUT2D eigenvalue weighted by atomic mass is 16.2. The molecule has 6 heteroatoms. The van der Waals surface area contributed by atoms with Gasteiger partial charge in [0.1, 0.15) is 0 Å². The number of carbonyl (C=O) groups is 1. The zero-order chi connectivity index (χ0) is 17.1. The van der Waals surface area contributed by atoms with Crippen molar-refractivity contribution in [3.8, 4) is 0 Å². The molecule has 3 heterocycles. The molecule has 2 aliphatic heterocycles. The molecule has 6 nitrogen and oxygen atoms in total. The molecule has 0 bridgehead atoms. The molecule has 25 heavy (non-hydrogen) atoms. The number of rotatable bonds is 4. The van der Waals surface area contributed by atoms with Crippen molar-refractivity contribution in [3.63, 3.8) is 0 Å². The molecule has 4 rings (SSSR count). The molecule has 0 aliphatic carbocycles. The first-order valence-electron chi connectivity index (χ1n) is 9.15. The molecule has 1 aromatic heterocycles. The highest BCUT2D eigenvalue weighted by Crippen LogP contribution is 2.31. The lowest BCUT2D eigenvalue weighted by Gasteiger charge is -2.35. The number of H-pyrrole nitrogens is 1. The number of urea groups is 1. The van der Waals surface area contributed by atoms with Gasteiger partial charge in [0.2, 0.25) is 0 Å². The van der Waals surface area contributed by atoms with Crippen LogP contribution in [-0.2, 0) is 6.54 Å². The fourth-order valence-electron chi connectivity index (χ4n) is 4.26. The van der Waals surface area contributed by atoms with E-state index >= 15 is 0 Å². The third-order valence-corrected chi connectivity index (χ3v) is 5.40. The van der Waals surface area contributed by atoms with E-state index in [1.165, 1.54) is 18.4 Å². The minimum Gasteiger partial charge on any atom is -0.320 e. The van der Waals surface area contributed by atoms with Crippen LogP contribution in [0.2, 0.25) is 0 Å². The van der Waals surface area contributed by atoms with Gasteiger partial charge in [0, 0.05) is 31.4 Å². The van der Waals surface area contributed by atoms with Crippen molar-refractivity contribution in [3.05, 3.63) is 48.3 Å². The van der Waals surface area contributed by atoms with Crippen molar-refractivity contribution in [1.82, 2.24) is 20.0 Å². The summed E-state index contributed by atoms with van der Waals surface area (Å²) in [7, 11) is 0. The van der Waals surface area contributed by atoms with Crippen molar-refractivity contribution in [1.29, 1.82) is 0 Å². The van der Waals surface area contributed by atoms with Crippen LogP contribution in [0.1, 0.15) is 31.2 Å². The van der Waals surface area contributed by atoms with Crippen LogP contribution in [0.15, 0.2) is 42.7 Å². The summed E-state index contributed by atoms with van der Waals surface area (Å²) in [4.78, 5) is 17.3. The SMILES string of the molecule is O=C(Nc1cn[nH]c1)N1CCC[C@H]1[C@H]1CCCN1Cc1ccccc1. The molecule has 2 fully saturated rings. The Morgan fingerprint density at radius 2 is 1.96 bits per heavy atom. The maximum atomic E-state index is 12.7. The first kappa shape index (κ1) is 16.1. The van der Waals surface area contributed by atoms with Crippen LogP contribution in [0.5, 0.6) is 0 Å².